The number of aryl methyl sites for hydroxylation is 1. The second-order valence-electron chi connectivity index (χ2n) is 4.45. The Morgan fingerprint density at radius 3 is 2.56 bits per heavy atom. The fourth-order valence-corrected chi connectivity index (χ4v) is 2.26. The fourth-order valence-electron chi connectivity index (χ4n) is 1.90. The Labute approximate surface area is 122 Å². The maximum Gasteiger partial charge on any atom is 0.0404 e. The normalized spacial score (nSPS) is 12.3. The smallest absolute Gasteiger partial charge is 0.0404 e. The molecule has 0 aliphatic rings. The summed E-state index contributed by atoms with van der Waals surface area (Å²) in [6.45, 7) is 0. The van der Waals surface area contributed by atoms with Gasteiger partial charge in [-0.2, -0.15) is 0 Å². The van der Waals surface area contributed by atoms with E-state index in [0.717, 1.165) is 25.0 Å². The molecule has 0 saturated carbocycles. The third-order valence-corrected chi connectivity index (χ3v) is 3.63. The number of pyridine rings is 1. The van der Waals surface area contributed by atoms with Crippen molar-refractivity contribution in [3.05, 3.63) is 63.5 Å². The molecule has 2 rings (SSSR count). The summed E-state index contributed by atoms with van der Waals surface area (Å²) in [4.78, 5) is 4.31. The van der Waals surface area contributed by atoms with Gasteiger partial charge in [-0.3, -0.25) is 4.98 Å². The van der Waals surface area contributed by atoms with Gasteiger partial charge in [-0.1, -0.05) is 18.2 Å². The van der Waals surface area contributed by atoms with Gasteiger partial charge in [0.2, 0.25) is 0 Å². The Kier molecular flexibility index (Phi) is 5.13. The lowest BCUT2D eigenvalue weighted by molar-refractivity contribution is 0.605. The number of hydrogen-bond donors (Lipinski definition) is 1. The largest absolute Gasteiger partial charge is 0.327 e. The second kappa shape index (κ2) is 6.85. The molecular formula is C15H17IN2. The van der Waals surface area contributed by atoms with E-state index >= 15 is 0 Å². The average molecular weight is 352 g/mol. The average Bonchev–Trinajstić information content (AvgIpc) is 2.40. The molecule has 0 fully saturated rings. The predicted octanol–water partition coefficient (Wildman–Crippen LogP) is 3.19. The lowest BCUT2D eigenvalue weighted by Gasteiger charge is -2.11. The highest BCUT2D eigenvalue weighted by molar-refractivity contribution is 14.1. The molecule has 1 aromatic heterocycles. The molecule has 0 aliphatic carbocycles. The van der Waals surface area contributed by atoms with Crippen molar-refractivity contribution >= 4 is 22.6 Å². The van der Waals surface area contributed by atoms with Crippen molar-refractivity contribution in [1.82, 2.24) is 4.98 Å². The molecule has 0 saturated heterocycles. The van der Waals surface area contributed by atoms with Gasteiger partial charge in [-0.25, -0.2) is 0 Å². The second-order valence-corrected chi connectivity index (χ2v) is 5.70. The first-order valence-electron chi connectivity index (χ1n) is 6.14. The predicted molar refractivity (Wildman–Crippen MR) is 83.4 cm³/mol. The number of halogens is 1. The van der Waals surface area contributed by atoms with Gasteiger partial charge in [0, 0.05) is 21.5 Å². The van der Waals surface area contributed by atoms with Gasteiger partial charge in [0.05, 0.1) is 0 Å². The minimum absolute atomic E-state index is 0.201. The van der Waals surface area contributed by atoms with Crippen molar-refractivity contribution < 1.29 is 0 Å². The zero-order valence-corrected chi connectivity index (χ0v) is 12.4. The lowest BCUT2D eigenvalue weighted by Crippen LogP contribution is -2.23. The Balaban J connectivity index is 1.82. The van der Waals surface area contributed by atoms with Gasteiger partial charge in [0.1, 0.15) is 0 Å². The molecular weight excluding hydrogens is 335 g/mol. The van der Waals surface area contributed by atoms with Crippen molar-refractivity contribution in [2.24, 2.45) is 5.73 Å². The lowest BCUT2D eigenvalue weighted by atomic mass is 10.0. The zero-order chi connectivity index (χ0) is 12.8. The number of rotatable bonds is 5. The van der Waals surface area contributed by atoms with Gasteiger partial charge in [0.15, 0.2) is 0 Å². The molecule has 1 atom stereocenters. The Morgan fingerprint density at radius 1 is 1.11 bits per heavy atom. The van der Waals surface area contributed by atoms with Gasteiger partial charge in [-0.05, 0) is 71.7 Å². The van der Waals surface area contributed by atoms with E-state index < -0.39 is 0 Å². The van der Waals surface area contributed by atoms with Crippen LogP contribution in [0.4, 0.5) is 0 Å². The number of nitrogens with zero attached hydrogens (tertiary/aromatic N) is 1. The van der Waals surface area contributed by atoms with E-state index in [9.17, 15) is 0 Å². The molecule has 2 nitrogen and oxygen atoms in total. The topological polar surface area (TPSA) is 38.9 Å². The maximum atomic E-state index is 6.16. The number of benzene rings is 1. The number of nitrogens with two attached hydrogens (primary N) is 1. The van der Waals surface area contributed by atoms with E-state index in [0.29, 0.717) is 0 Å². The van der Waals surface area contributed by atoms with Crippen molar-refractivity contribution in [2.75, 3.05) is 0 Å². The van der Waals surface area contributed by atoms with E-state index in [-0.39, 0.29) is 6.04 Å². The Hall–Kier alpha value is -0.940. The summed E-state index contributed by atoms with van der Waals surface area (Å²) >= 11 is 2.32. The summed E-state index contributed by atoms with van der Waals surface area (Å²) in [7, 11) is 0. The van der Waals surface area contributed by atoms with Crippen molar-refractivity contribution in [1.29, 1.82) is 0 Å². The third-order valence-electron chi connectivity index (χ3n) is 2.91. The number of aromatic nitrogens is 1. The standard InChI is InChI=1S/C15H17IN2/c16-13-6-4-12(5-7-13)11-14(17)8-9-15-3-1-2-10-18-15/h1-7,10,14H,8-9,11,17H2. The SMILES string of the molecule is NC(CCc1ccccn1)Cc1ccc(I)cc1. The van der Waals surface area contributed by atoms with Crippen LogP contribution in [0, 0.1) is 3.57 Å². The van der Waals surface area contributed by atoms with Crippen LogP contribution in [0.25, 0.3) is 0 Å². The molecule has 1 aromatic carbocycles. The van der Waals surface area contributed by atoms with Gasteiger partial charge >= 0.3 is 0 Å². The van der Waals surface area contributed by atoms with E-state index in [1.807, 2.05) is 18.3 Å². The van der Waals surface area contributed by atoms with E-state index in [4.69, 9.17) is 5.73 Å². The van der Waals surface area contributed by atoms with Crippen LogP contribution < -0.4 is 5.73 Å². The van der Waals surface area contributed by atoms with Gasteiger partial charge in [0.25, 0.3) is 0 Å². The molecule has 2 aromatic rings. The first-order chi connectivity index (χ1) is 8.74. The summed E-state index contributed by atoms with van der Waals surface area (Å²) in [6, 6.07) is 14.8. The van der Waals surface area contributed by atoms with Crippen LogP contribution in [0.3, 0.4) is 0 Å². The van der Waals surface area contributed by atoms with Crippen molar-refractivity contribution in [3.63, 3.8) is 0 Å². The quantitative estimate of drug-likeness (QED) is 0.840. The minimum atomic E-state index is 0.201. The molecule has 2 N–H and O–H groups in total. The Morgan fingerprint density at radius 2 is 1.89 bits per heavy atom. The first kappa shape index (κ1) is 13.5. The summed E-state index contributed by atoms with van der Waals surface area (Å²) < 4.78 is 1.26. The van der Waals surface area contributed by atoms with Gasteiger partial charge < -0.3 is 5.73 Å². The maximum absolute atomic E-state index is 6.16. The summed E-state index contributed by atoms with van der Waals surface area (Å²) in [5.41, 5.74) is 8.59. The fraction of sp³-hybridized carbons (Fsp3) is 0.267. The van der Waals surface area contributed by atoms with Crippen LogP contribution in [0.1, 0.15) is 17.7 Å². The van der Waals surface area contributed by atoms with E-state index in [1.54, 1.807) is 0 Å². The minimum Gasteiger partial charge on any atom is -0.327 e. The Bertz CT molecular complexity index is 468. The highest BCUT2D eigenvalue weighted by Crippen LogP contribution is 2.10. The monoisotopic (exact) mass is 352 g/mol. The van der Waals surface area contributed by atoms with E-state index in [1.165, 1.54) is 9.13 Å². The first-order valence-corrected chi connectivity index (χ1v) is 7.22. The summed E-state index contributed by atoms with van der Waals surface area (Å²) in [6.07, 6.45) is 4.69. The van der Waals surface area contributed by atoms with Crippen LogP contribution in [-0.2, 0) is 12.8 Å². The third kappa shape index (κ3) is 4.38. The van der Waals surface area contributed by atoms with Crippen LogP contribution in [0.15, 0.2) is 48.7 Å². The molecule has 3 heteroatoms. The molecule has 1 heterocycles. The zero-order valence-electron chi connectivity index (χ0n) is 10.2. The molecule has 0 radical (unpaired) electrons. The molecule has 18 heavy (non-hydrogen) atoms. The summed E-state index contributed by atoms with van der Waals surface area (Å²) in [5, 5.41) is 0. The highest BCUT2D eigenvalue weighted by Gasteiger charge is 2.05. The molecule has 0 bridgehead atoms. The highest BCUT2D eigenvalue weighted by atomic mass is 127. The molecule has 94 valence electrons. The molecule has 0 spiro atoms. The van der Waals surface area contributed by atoms with Gasteiger partial charge in [-0.15, -0.1) is 0 Å². The van der Waals surface area contributed by atoms with Crippen LogP contribution in [0.5, 0.6) is 0 Å². The van der Waals surface area contributed by atoms with Crippen LogP contribution in [-0.4, -0.2) is 11.0 Å². The summed E-state index contributed by atoms with van der Waals surface area (Å²) in [5.74, 6) is 0. The van der Waals surface area contributed by atoms with Crippen LogP contribution in [0.2, 0.25) is 0 Å². The van der Waals surface area contributed by atoms with Crippen LogP contribution >= 0.6 is 22.6 Å². The number of hydrogen-bond acceptors (Lipinski definition) is 2. The van der Waals surface area contributed by atoms with E-state index in [2.05, 4.69) is 57.9 Å². The molecule has 1 unspecified atom stereocenters. The van der Waals surface area contributed by atoms with Crippen molar-refractivity contribution in [3.8, 4) is 0 Å². The molecule has 0 aliphatic heterocycles. The molecule has 0 amide bonds. The van der Waals surface area contributed by atoms with Crippen molar-refractivity contribution in [2.45, 2.75) is 25.3 Å².